The SMILES string of the molecule is Cc1cc(C(=O)N2CCC(Nc3cc(-c4cc(C#N)c5cc4C5)cc4ccncc34)CC2)cc(C)n1. The molecule has 2 bridgehead atoms. The zero-order valence-electron chi connectivity index (χ0n) is 20.5. The van der Waals surface area contributed by atoms with E-state index in [0.29, 0.717) is 13.1 Å². The van der Waals surface area contributed by atoms with E-state index in [4.69, 9.17) is 0 Å². The van der Waals surface area contributed by atoms with Gasteiger partial charge in [0.15, 0.2) is 0 Å². The largest absolute Gasteiger partial charge is 0.382 e. The van der Waals surface area contributed by atoms with Crippen LogP contribution in [0.4, 0.5) is 5.69 Å². The van der Waals surface area contributed by atoms with Crippen molar-refractivity contribution in [2.75, 3.05) is 18.4 Å². The average molecular weight is 474 g/mol. The van der Waals surface area contributed by atoms with E-state index in [2.05, 4.69) is 39.6 Å². The maximum atomic E-state index is 13.1. The van der Waals surface area contributed by atoms with Crippen molar-refractivity contribution in [1.29, 1.82) is 5.26 Å². The number of fused-ring (bicyclic) bond motifs is 3. The number of aryl methyl sites for hydroxylation is 2. The number of aromatic nitrogens is 2. The number of amides is 1. The Labute approximate surface area is 210 Å². The van der Waals surface area contributed by atoms with E-state index in [9.17, 15) is 10.1 Å². The highest BCUT2D eigenvalue weighted by Crippen LogP contribution is 2.39. The first-order valence-corrected chi connectivity index (χ1v) is 12.4. The number of hydrogen-bond acceptors (Lipinski definition) is 5. The van der Waals surface area contributed by atoms with Crippen molar-refractivity contribution in [3.63, 3.8) is 0 Å². The van der Waals surface area contributed by atoms with Gasteiger partial charge in [-0.2, -0.15) is 5.26 Å². The third-order valence-corrected chi connectivity index (χ3v) is 7.37. The number of carbonyl (C=O) groups excluding carboxylic acids is 1. The molecule has 2 aliphatic carbocycles. The van der Waals surface area contributed by atoms with Crippen LogP contribution < -0.4 is 5.32 Å². The van der Waals surface area contributed by atoms with E-state index in [1.54, 1.807) is 0 Å². The summed E-state index contributed by atoms with van der Waals surface area (Å²) in [5, 5.41) is 15.5. The molecule has 1 saturated heterocycles. The van der Waals surface area contributed by atoms with Crippen molar-refractivity contribution in [2.24, 2.45) is 0 Å². The smallest absolute Gasteiger partial charge is 0.253 e. The van der Waals surface area contributed by atoms with E-state index in [0.717, 1.165) is 74.9 Å². The molecule has 6 heteroatoms. The Hall–Kier alpha value is -4.24. The first kappa shape index (κ1) is 22.2. The molecule has 36 heavy (non-hydrogen) atoms. The van der Waals surface area contributed by atoms with E-state index < -0.39 is 0 Å². The number of anilines is 1. The molecule has 2 aromatic heterocycles. The zero-order valence-corrected chi connectivity index (χ0v) is 20.5. The van der Waals surface area contributed by atoms with Gasteiger partial charge in [-0.05, 0) is 97.1 Å². The van der Waals surface area contributed by atoms with Crippen molar-refractivity contribution in [3.8, 4) is 17.2 Å². The fraction of sp³-hybridized carbons (Fsp3) is 0.267. The Bertz CT molecular complexity index is 1540. The number of hydrogen-bond donors (Lipinski definition) is 1. The van der Waals surface area contributed by atoms with Gasteiger partial charge in [0.2, 0.25) is 0 Å². The number of piperidine rings is 1. The van der Waals surface area contributed by atoms with Gasteiger partial charge in [0.25, 0.3) is 5.91 Å². The summed E-state index contributed by atoms with van der Waals surface area (Å²) in [7, 11) is 0. The van der Waals surface area contributed by atoms with Gasteiger partial charge in [0.1, 0.15) is 0 Å². The summed E-state index contributed by atoms with van der Waals surface area (Å²) in [6, 6.07) is 16.9. The molecule has 1 N–H and O–H groups in total. The molecule has 1 aliphatic heterocycles. The number of nitrogens with zero attached hydrogens (tertiary/aromatic N) is 4. The van der Waals surface area contributed by atoms with Crippen LogP contribution in [-0.4, -0.2) is 39.9 Å². The number of nitrogens with one attached hydrogen (secondary N) is 1. The van der Waals surface area contributed by atoms with Crippen LogP contribution in [0.1, 0.15) is 51.3 Å². The second-order valence-corrected chi connectivity index (χ2v) is 9.93. The van der Waals surface area contributed by atoms with Gasteiger partial charge in [-0.3, -0.25) is 14.8 Å². The Morgan fingerprint density at radius 2 is 1.81 bits per heavy atom. The molecular formula is C30H27N5O. The molecule has 1 fully saturated rings. The van der Waals surface area contributed by atoms with Crippen molar-refractivity contribution >= 4 is 22.4 Å². The van der Waals surface area contributed by atoms with E-state index >= 15 is 0 Å². The third kappa shape index (κ3) is 3.97. The molecule has 178 valence electrons. The molecule has 0 spiro atoms. The van der Waals surface area contributed by atoms with Crippen molar-refractivity contribution in [1.82, 2.24) is 14.9 Å². The quantitative estimate of drug-likeness (QED) is 0.378. The standard InChI is InChI=1S/C30H27N5O/c1-18-9-24(10-19(2)33-18)30(36)35-7-4-26(5-8-35)34-29-15-23(11-20-3-6-32-17-28(20)29)27-14-25(16-31)21-12-22(27)13-21/h3,6,9-12,14-15,17,26,34H,4-5,7-8,13H2,1-2H3. The summed E-state index contributed by atoms with van der Waals surface area (Å²) in [6.45, 7) is 5.27. The van der Waals surface area contributed by atoms with Gasteiger partial charge in [0.05, 0.1) is 11.6 Å². The van der Waals surface area contributed by atoms with Gasteiger partial charge in [-0.15, -0.1) is 0 Å². The summed E-state index contributed by atoms with van der Waals surface area (Å²) in [5.41, 5.74) is 8.95. The summed E-state index contributed by atoms with van der Waals surface area (Å²) in [4.78, 5) is 23.8. The number of carbonyl (C=O) groups is 1. The fourth-order valence-corrected chi connectivity index (χ4v) is 5.50. The maximum Gasteiger partial charge on any atom is 0.253 e. The van der Waals surface area contributed by atoms with Gasteiger partial charge >= 0.3 is 0 Å². The van der Waals surface area contributed by atoms with Crippen molar-refractivity contribution < 1.29 is 4.79 Å². The molecule has 4 aromatic rings. The maximum absolute atomic E-state index is 13.1. The molecule has 6 nitrogen and oxygen atoms in total. The predicted octanol–water partition coefficient (Wildman–Crippen LogP) is 5.41. The van der Waals surface area contributed by atoms with Gasteiger partial charge in [-0.1, -0.05) is 6.07 Å². The highest BCUT2D eigenvalue weighted by molar-refractivity contribution is 5.98. The average Bonchev–Trinajstić information content (AvgIpc) is 2.87. The number of benzene rings is 2. The van der Waals surface area contributed by atoms with Crippen LogP contribution in [-0.2, 0) is 6.42 Å². The molecule has 3 heterocycles. The van der Waals surface area contributed by atoms with E-state index in [1.807, 2.05) is 55.4 Å². The van der Waals surface area contributed by atoms with Crippen LogP contribution >= 0.6 is 0 Å². The van der Waals surface area contributed by atoms with Gasteiger partial charge in [0, 0.05) is 59.5 Å². The molecule has 0 saturated carbocycles. The Kier molecular flexibility index (Phi) is 5.41. The zero-order chi connectivity index (χ0) is 24.8. The van der Waals surface area contributed by atoms with Crippen molar-refractivity contribution in [3.05, 3.63) is 88.5 Å². The fourth-order valence-electron chi connectivity index (χ4n) is 5.50. The van der Waals surface area contributed by atoms with Crippen LogP contribution in [0.3, 0.4) is 0 Å². The number of rotatable bonds is 4. The minimum absolute atomic E-state index is 0.0810. The lowest BCUT2D eigenvalue weighted by Gasteiger charge is -2.33. The van der Waals surface area contributed by atoms with E-state index in [-0.39, 0.29) is 11.9 Å². The van der Waals surface area contributed by atoms with Crippen LogP contribution in [0.25, 0.3) is 21.9 Å². The van der Waals surface area contributed by atoms with Crippen LogP contribution in [0, 0.1) is 25.2 Å². The van der Waals surface area contributed by atoms with Gasteiger partial charge < -0.3 is 10.2 Å². The predicted molar refractivity (Wildman–Crippen MR) is 141 cm³/mol. The minimum Gasteiger partial charge on any atom is -0.382 e. The van der Waals surface area contributed by atoms with E-state index in [1.165, 1.54) is 5.56 Å². The molecule has 0 atom stereocenters. The lowest BCUT2D eigenvalue weighted by atomic mass is 9.81. The Morgan fingerprint density at radius 3 is 2.53 bits per heavy atom. The highest BCUT2D eigenvalue weighted by atomic mass is 16.2. The molecule has 3 aliphatic rings. The summed E-state index contributed by atoms with van der Waals surface area (Å²) in [6.07, 6.45) is 6.34. The minimum atomic E-state index is 0.0810. The molecule has 1 amide bonds. The molecule has 7 rings (SSSR count). The van der Waals surface area contributed by atoms with Crippen LogP contribution in [0.2, 0.25) is 0 Å². The summed E-state index contributed by atoms with van der Waals surface area (Å²) < 4.78 is 0. The molecular weight excluding hydrogens is 446 g/mol. The summed E-state index contributed by atoms with van der Waals surface area (Å²) >= 11 is 0. The van der Waals surface area contributed by atoms with Crippen molar-refractivity contribution in [2.45, 2.75) is 39.2 Å². The summed E-state index contributed by atoms with van der Waals surface area (Å²) in [5.74, 6) is 0.0810. The topological polar surface area (TPSA) is 81.9 Å². The lowest BCUT2D eigenvalue weighted by molar-refractivity contribution is 0.0718. The third-order valence-electron chi connectivity index (χ3n) is 7.37. The highest BCUT2D eigenvalue weighted by Gasteiger charge is 2.25. The number of likely N-dealkylation sites (tertiary alicyclic amines) is 1. The second-order valence-electron chi connectivity index (χ2n) is 9.93. The monoisotopic (exact) mass is 473 g/mol. The normalized spacial score (nSPS) is 14.9. The molecule has 0 unspecified atom stereocenters. The molecule has 2 aromatic carbocycles. The first-order chi connectivity index (χ1) is 17.5. The first-order valence-electron chi connectivity index (χ1n) is 12.4. The number of nitriles is 1. The van der Waals surface area contributed by atoms with Crippen LogP contribution in [0.5, 0.6) is 0 Å². The second kappa shape index (κ2) is 8.76. The van der Waals surface area contributed by atoms with Gasteiger partial charge in [-0.25, -0.2) is 0 Å². The molecule has 0 radical (unpaired) electrons. The van der Waals surface area contributed by atoms with Crippen LogP contribution in [0.15, 0.2) is 54.9 Å². The lowest BCUT2D eigenvalue weighted by Crippen LogP contribution is -2.42. The Morgan fingerprint density at radius 1 is 1.06 bits per heavy atom. The Balaban J connectivity index is 1.23. The number of pyridine rings is 2.